The Hall–Kier alpha value is -3.84. The van der Waals surface area contributed by atoms with Crippen molar-refractivity contribution in [1.82, 2.24) is 0 Å². The van der Waals surface area contributed by atoms with Crippen LogP contribution in [0.1, 0.15) is 252 Å². The standard InChI is InChI=1S/C63H106O12/c1-4-7-10-13-16-19-22-25-27-28-30-33-36-39-42-45-48-51-57(66)74-61-59(68)58(67)60(62(69)70)75-63(61)72-53-54(73-56(65)50-47-44-41-38-35-31-24-21-18-15-12-9-6-3)52-71-55(64)49-46-43-40-37-34-32-29-26-23-20-17-14-11-8-5-2/h7-8,10-11,16-17,19-20,25-27,29,54,58-61,63,67-68H,4-6,9,12-15,18,21-24,28,30-53H2,1-3H3,(H,69,70)/b10-7-,11-8-,19-16-,20-17-,27-25-,29-26-. The largest absolute Gasteiger partial charge is 0.479 e. The van der Waals surface area contributed by atoms with Gasteiger partial charge < -0.3 is 39.0 Å². The van der Waals surface area contributed by atoms with Crippen LogP contribution in [0.4, 0.5) is 0 Å². The molecule has 1 heterocycles. The lowest BCUT2D eigenvalue weighted by molar-refractivity contribution is -0.301. The van der Waals surface area contributed by atoms with Gasteiger partial charge in [-0.3, -0.25) is 14.4 Å². The summed E-state index contributed by atoms with van der Waals surface area (Å²) in [7, 11) is 0. The molecule has 0 radical (unpaired) electrons. The molecule has 12 nitrogen and oxygen atoms in total. The fourth-order valence-corrected chi connectivity index (χ4v) is 8.75. The lowest BCUT2D eigenvalue weighted by Crippen LogP contribution is -2.61. The van der Waals surface area contributed by atoms with Crippen LogP contribution in [0.5, 0.6) is 0 Å². The first-order chi connectivity index (χ1) is 36.6. The highest BCUT2D eigenvalue weighted by Gasteiger charge is 2.50. The molecule has 6 atom stereocenters. The van der Waals surface area contributed by atoms with Crippen LogP contribution < -0.4 is 0 Å². The number of aliphatic hydroxyl groups is 2. The molecule has 1 fully saturated rings. The molecule has 0 aromatic carbocycles. The molecule has 1 aliphatic heterocycles. The first kappa shape index (κ1) is 69.2. The SMILES string of the molecule is CC/C=C\C/C=C\C/C=C\CCCCCCCCCC(=O)OC1C(OCC(COC(=O)CCCCCCC/C=C\C/C=C\C/C=C\CC)OC(=O)CCCCCCCCCCCCCCC)OC(C(=O)O)C(O)C1O. The minimum atomic E-state index is -1.91. The molecule has 0 amide bonds. The number of carboxylic acids is 1. The summed E-state index contributed by atoms with van der Waals surface area (Å²) < 4.78 is 28.4. The van der Waals surface area contributed by atoms with Crippen molar-refractivity contribution in [3.63, 3.8) is 0 Å². The van der Waals surface area contributed by atoms with Crippen molar-refractivity contribution in [2.24, 2.45) is 0 Å². The predicted octanol–water partition coefficient (Wildman–Crippen LogP) is 15.3. The summed E-state index contributed by atoms with van der Waals surface area (Å²) in [6.07, 6.45) is 51.5. The van der Waals surface area contributed by atoms with Gasteiger partial charge in [0.05, 0.1) is 6.61 Å². The summed E-state index contributed by atoms with van der Waals surface area (Å²) in [5.41, 5.74) is 0. The number of aliphatic hydroxyl groups excluding tert-OH is 2. The number of unbranched alkanes of at least 4 members (excludes halogenated alkanes) is 24. The van der Waals surface area contributed by atoms with Gasteiger partial charge in [-0.2, -0.15) is 0 Å². The molecule has 75 heavy (non-hydrogen) atoms. The van der Waals surface area contributed by atoms with E-state index >= 15 is 0 Å². The zero-order valence-electron chi connectivity index (χ0n) is 47.3. The van der Waals surface area contributed by atoms with Gasteiger partial charge in [0, 0.05) is 19.3 Å². The van der Waals surface area contributed by atoms with Gasteiger partial charge in [0.15, 0.2) is 24.6 Å². The molecular formula is C63H106O12. The second-order valence-corrected chi connectivity index (χ2v) is 20.2. The summed E-state index contributed by atoms with van der Waals surface area (Å²) in [5.74, 6) is -3.14. The van der Waals surface area contributed by atoms with Crippen LogP contribution in [0.3, 0.4) is 0 Å². The van der Waals surface area contributed by atoms with Gasteiger partial charge in [-0.25, -0.2) is 4.79 Å². The lowest BCUT2D eigenvalue weighted by Gasteiger charge is -2.40. The summed E-state index contributed by atoms with van der Waals surface area (Å²) in [6.45, 7) is 5.76. The van der Waals surface area contributed by atoms with E-state index in [0.29, 0.717) is 19.3 Å². The lowest BCUT2D eigenvalue weighted by atomic mass is 9.98. The van der Waals surface area contributed by atoms with Crippen molar-refractivity contribution in [2.45, 2.75) is 289 Å². The van der Waals surface area contributed by atoms with Gasteiger partial charge in [-0.15, -0.1) is 0 Å². The number of aliphatic carboxylic acids is 1. The van der Waals surface area contributed by atoms with Crippen molar-refractivity contribution in [3.05, 3.63) is 72.9 Å². The number of allylic oxidation sites excluding steroid dienone is 12. The maximum atomic E-state index is 13.1. The van der Waals surface area contributed by atoms with E-state index in [0.717, 1.165) is 135 Å². The number of ether oxygens (including phenoxy) is 5. The Morgan fingerprint density at radius 1 is 0.453 bits per heavy atom. The van der Waals surface area contributed by atoms with Gasteiger partial charge in [0.1, 0.15) is 18.8 Å². The molecule has 430 valence electrons. The number of hydrogen-bond acceptors (Lipinski definition) is 11. The van der Waals surface area contributed by atoms with E-state index < -0.39 is 67.3 Å². The normalized spacial score (nSPS) is 18.7. The fourth-order valence-electron chi connectivity index (χ4n) is 8.75. The number of esters is 3. The van der Waals surface area contributed by atoms with E-state index in [9.17, 15) is 34.5 Å². The molecule has 0 bridgehead atoms. The number of hydrogen-bond donors (Lipinski definition) is 3. The zero-order chi connectivity index (χ0) is 54.7. The topological polar surface area (TPSA) is 175 Å². The number of carbonyl (C=O) groups is 4. The van der Waals surface area contributed by atoms with Crippen molar-refractivity contribution < 1.29 is 58.2 Å². The maximum absolute atomic E-state index is 13.1. The number of carboxylic acid groups (broad SMARTS) is 1. The summed E-state index contributed by atoms with van der Waals surface area (Å²) in [6, 6.07) is 0. The highest BCUT2D eigenvalue weighted by molar-refractivity contribution is 5.74. The molecule has 6 unspecified atom stereocenters. The molecule has 0 aliphatic carbocycles. The Morgan fingerprint density at radius 3 is 1.28 bits per heavy atom. The van der Waals surface area contributed by atoms with Crippen LogP contribution in [0, 0.1) is 0 Å². The first-order valence-corrected chi connectivity index (χ1v) is 29.9. The van der Waals surface area contributed by atoms with E-state index in [1.165, 1.54) is 57.8 Å². The third kappa shape index (κ3) is 41.0. The van der Waals surface area contributed by atoms with E-state index in [1.54, 1.807) is 0 Å². The maximum Gasteiger partial charge on any atom is 0.335 e. The minimum Gasteiger partial charge on any atom is -0.479 e. The molecule has 12 heteroatoms. The smallest absolute Gasteiger partial charge is 0.335 e. The van der Waals surface area contributed by atoms with Crippen LogP contribution in [-0.2, 0) is 42.9 Å². The minimum absolute atomic E-state index is 0.0467. The molecule has 0 saturated carbocycles. The zero-order valence-corrected chi connectivity index (χ0v) is 47.3. The summed E-state index contributed by atoms with van der Waals surface area (Å²) >= 11 is 0. The molecule has 1 rings (SSSR count). The Bertz CT molecular complexity index is 1580. The van der Waals surface area contributed by atoms with Crippen LogP contribution in [0.15, 0.2) is 72.9 Å². The molecule has 0 spiro atoms. The average Bonchev–Trinajstić information content (AvgIpc) is 3.39. The van der Waals surface area contributed by atoms with E-state index in [4.69, 9.17) is 23.7 Å². The quantitative estimate of drug-likeness (QED) is 0.0228. The number of carbonyl (C=O) groups excluding carboxylic acids is 3. The first-order valence-electron chi connectivity index (χ1n) is 29.9. The Balaban J connectivity index is 2.69. The monoisotopic (exact) mass is 1050 g/mol. The van der Waals surface area contributed by atoms with E-state index in [1.807, 2.05) is 0 Å². The van der Waals surface area contributed by atoms with Gasteiger partial charge in [0.2, 0.25) is 0 Å². The van der Waals surface area contributed by atoms with Crippen LogP contribution in [-0.4, -0.2) is 89.2 Å². The van der Waals surface area contributed by atoms with Crippen molar-refractivity contribution >= 4 is 23.9 Å². The van der Waals surface area contributed by atoms with E-state index in [2.05, 4.69) is 93.7 Å². The molecule has 3 N–H and O–H groups in total. The van der Waals surface area contributed by atoms with Crippen LogP contribution in [0.2, 0.25) is 0 Å². The third-order valence-electron chi connectivity index (χ3n) is 13.3. The molecule has 0 aromatic rings. The third-order valence-corrected chi connectivity index (χ3v) is 13.3. The molecule has 0 aromatic heterocycles. The average molecular weight is 1060 g/mol. The predicted molar refractivity (Wildman–Crippen MR) is 303 cm³/mol. The second-order valence-electron chi connectivity index (χ2n) is 20.2. The Kier molecular flexibility index (Phi) is 47.0. The summed E-state index contributed by atoms with van der Waals surface area (Å²) in [5, 5.41) is 31.5. The molecule has 1 saturated heterocycles. The van der Waals surface area contributed by atoms with E-state index in [-0.39, 0.29) is 25.9 Å². The van der Waals surface area contributed by atoms with Gasteiger partial charge >= 0.3 is 23.9 Å². The Labute approximate surface area is 455 Å². The van der Waals surface area contributed by atoms with Crippen molar-refractivity contribution in [2.75, 3.05) is 13.2 Å². The van der Waals surface area contributed by atoms with Crippen molar-refractivity contribution in [3.8, 4) is 0 Å². The Morgan fingerprint density at radius 2 is 0.840 bits per heavy atom. The second kappa shape index (κ2) is 50.9. The van der Waals surface area contributed by atoms with Crippen LogP contribution >= 0.6 is 0 Å². The van der Waals surface area contributed by atoms with Gasteiger partial charge in [-0.1, -0.05) is 222 Å². The highest BCUT2D eigenvalue weighted by atomic mass is 16.7. The van der Waals surface area contributed by atoms with Gasteiger partial charge in [-0.05, 0) is 83.5 Å². The summed E-state index contributed by atoms with van der Waals surface area (Å²) in [4.78, 5) is 51.1. The highest BCUT2D eigenvalue weighted by Crippen LogP contribution is 2.26. The fraction of sp³-hybridized carbons (Fsp3) is 0.746. The number of rotatable bonds is 50. The van der Waals surface area contributed by atoms with Gasteiger partial charge in [0.25, 0.3) is 0 Å². The van der Waals surface area contributed by atoms with Crippen molar-refractivity contribution in [1.29, 1.82) is 0 Å². The van der Waals surface area contributed by atoms with Crippen LogP contribution in [0.25, 0.3) is 0 Å². The molecule has 1 aliphatic rings. The molecular weight excluding hydrogens is 949 g/mol.